The van der Waals surface area contributed by atoms with Crippen LogP contribution >= 0.6 is 0 Å². The van der Waals surface area contributed by atoms with Crippen molar-refractivity contribution in [2.24, 2.45) is 0 Å². The highest BCUT2D eigenvalue weighted by atomic mass is 16.5. The third-order valence-electron chi connectivity index (χ3n) is 10.1. The van der Waals surface area contributed by atoms with Crippen LogP contribution < -0.4 is 0 Å². The van der Waals surface area contributed by atoms with Crippen molar-refractivity contribution in [2.45, 2.75) is 264 Å². The molecule has 0 fully saturated rings. The zero-order chi connectivity index (χ0) is 34.3. The fourth-order valence-electron chi connectivity index (χ4n) is 6.89. The van der Waals surface area contributed by atoms with Crippen molar-refractivity contribution in [2.75, 3.05) is 0 Å². The minimum atomic E-state index is -0.695. The molecule has 1 atom stereocenters. The molecule has 0 saturated heterocycles. The van der Waals surface area contributed by atoms with Gasteiger partial charge in [0.1, 0.15) is 6.10 Å². The lowest BCUT2D eigenvalue weighted by Gasteiger charge is -2.18. The number of aliphatic carboxylic acids is 1. The second kappa shape index (κ2) is 39.4. The molecule has 1 N–H and O–H groups in total. The van der Waals surface area contributed by atoms with Gasteiger partial charge in [-0.2, -0.15) is 0 Å². The number of unbranched alkanes of at least 4 members (excludes halogenated alkanes) is 31. The molecule has 0 aliphatic heterocycles. The first kappa shape index (κ1) is 45.9. The van der Waals surface area contributed by atoms with E-state index in [2.05, 4.69) is 13.8 Å². The topological polar surface area (TPSA) is 63.6 Å². The quantitative estimate of drug-likeness (QED) is 0.0523. The molecule has 0 aromatic heterocycles. The summed E-state index contributed by atoms with van der Waals surface area (Å²) < 4.78 is 6.03. The van der Waals surface area contributed by atoms with Gasteiger partial charge in [0.05, 0.1) is 0 Å². The molecule has 0 amide bonds. The Morgan fingerprint density at radius 1 is 0.383 bits per heavy atom. The molecule has 0 saturated carbocycles. The summed E-state index contributed by atoms with van der Waals surface area (Å²) in [5.41, 5.74) is 0. The third kappa shape index (κ3) is 39.3. The summed E-state index contributed by atoms with van der Waals surface area (Å²) in [6, 6.07) is 0. The molecule has 0 spiro atoms. The van der Waals surface area contributed by atoms with Crippen LogP contribution in [0.3, 0.4) is 0 Å². The number of hydrogen-bond acceptors (Lipinski definition) is 3. The van der Waals surface area contributed by atoms with E-state index in [1.165, 1.54) is 167 Å². The number of carbonyl (C=O) groups excluding carboxylic acids is 1. The average molecular weight is 665 g/mol. The Morgan fingerprint density at radius 2 is 0.638 bits per heavy atom. The Morgan fingerprint density at radius 3 is 0.936 bits per heavy atom. The summed E-state index contributed by atoms with van der Waals surface area (Å²) in [5, 5.41) is 8.83. The molecule has 4 heteroatoms. The summed E-state index contributed by atoms with van der Waals surface area (Å²) in [7, 11) is 0. The first-order valence-corrected chi connectivity index (χ1v) is 21.5. The van der Waals surface area contributed by atoms with Crippen molar-refractivity contribution in [3.05, 3.63) is 0 Å². The molecular weight excluding hydrogens is 580 g/mol. The standard InChI is InChI=1S/C43H84O4/c1-3-5-7-9-11-13-15-17-19-21-23-25-27-32-36-40-43(46)47-41(38-34-30-28-31-35-39-42(44)45)37-33-29-26-24-22-20-18-16-14-12-10-8-6-4-2/h41H,3-40H2,1-2H3,(H,44,45). The predicted octanol–water partition coefficient (Wildman–Crippen LogP) is 14.8. The first-order valence-electron chi connectivity index (χ1n) is 21.5. The molecule has 0 aliphatic rings. The molecule has 0 aliphatic carbocycles. The summed E-state index contributed by atoms with van der Waals surface area (Å²) >= 11 is 0. The molecule has 47 heavy (non-hydrogen) atoms. The zero-order valence-corrected chi connectivity index (χ0v) is 32.1. The van der Waals surface area contributed by atoms with E-state index in [1.54, 1.807) is 0 Å². The smallest absolute Gasteiger partial charge is 0.306 e. The van der Waals surface area contributed by atoms with Gasteiger partial charge in [-0.15, -0.1) is 0 Å². The molecule has 280 valence electrons. The van der Waals surface area contributed by atoms with Crippen molar-refractivity contribution < 1.29 is 19.4 Å². The fourth-order valence-corrected chi connectivity index (χ4v) is 6.89. The molecular formula is C43H84O4. The third-order valence-corrected chi connectivity index (χ3v) is 10.1. The van der Waals surface area contributed by atoms with Crippen molar-refractivity contribution in [1.29, 1.82) is 0 Å². The summed E-state index contributed by atoms with van der Waals surface area (Å²) in [6.07, 6.45) is 47.0. The van der Waals surface area contributed by atoms with Gasteiger partial charge in [0.2, 0.25) is 0 Å². The number of carboxylic acid groups (broad SMARTS) is 1. The SMILES string of the molecule is CCCCCCCCCCCCCCCCCC(=O)OC(CCCCCCCCCCCCCCCC)CCCCCCCC(=O)O. The summed E-state index contributed by atoms with van der Waals surface area (Å²) in [4.78, 5) is 23.4. The molecule has 0 radical (unpaired) electrons. The van der Waals surface area contributed by atoms with Crippen LogP contribution in [0.15, 0.2) is 0 Å². The van der Waals surface area contributed by atoms with E-state index >= 15 is 0 Å². The van der Waals surface area contributed by atoms with Gasteiger partial charge in [0.25, 0.3) is 0 Å². The van der Waals surface area contributed by atoms with E-state index < -0.39 is 5.97 Å². The van der Waals surface area contributed by atoms with Crippen LogP contribution in [0.4, 0.5) is 0 Å². The van der Waals surface area contributed by atoms with Crippen molar-refractivity contribution in [3.8, 4) is 0 Å². The average Bonchev–Trinajstić information content (AvgIpc) is 3.05. The number of hydrogen-bond donors (Lipinski definition) is 1. The van der Waals surface area contributed by atoms with Crippen molar-refractivity contribution in [1.82, 2.24) is 0 Å². The Hall–Kier alpha value is -1.06. The number of ether oxygens (including phenoxy) is 1. The van der Waals surface area contributed by atoms with Crippen molar-refractivity contribution >= 4 is 11.9 Å². The maximum Gasteiger partial charge on any atom is 0.306 e. The normalized spacial score (nSPS) is 12.0. The fraction of sp³-hybridized carbons (Fsp3) is 0.953. The van der Waals surface area contributed by atoms with Gasteiger partial charge >= 0.3 is 11.9 Å². The highest BCUT2D eigenvalue weighted by Crippen LogP contribution is 2.19. The lowest BCUT2D eigenvalue weighted by Crippen LogP contribution is -2.18. The first-order chi connectivity index (χ1) is 23.1. The molecule has 0 rings (SSSR count). The van der Waals surface area contributed by atoms with Crippen LogP contribution in [0.25, 0.3) is 0 Å². The van der Waals surface area contributed by atoms with E-state index in [4.69, 9.17) is 9.84 Å². The van der Waals surface area contributed by atoms with Gasteiger partial charge in [-0.05, 0) is 38.5 Å². The molecule has 1 unspecified atom stereocenters. The van der Waals surface area contributed by atoms with Crippen LogP contribution in [0, 0.1) is 0 Å². The molecule has 0 aromatic carbocycles. The second-order valence-electron chi connectivity index (χ2n) is 14.9. The Labute approximate surface area is 294 Å². The Bertz CT molecular complexity index is 633. The van der Waals surface area contributed by atoms with Crippen molar-refractivity contribution in [3.63, 3.8) is 0 Å². The van der Waals surface area contributed by atoms with Gasteiger partial charge < -0.3 is 9.84 Å². The Kier molecular flexibility index (Phi) is 38.5. The minimum absolute atomic E-state index is 0.0107. The largest absolute Gasteiger partial charge is 0.481 e. The van der Waals surface area contributed by atoms with Gasteiger partial charge in [-0.1, -0.05) is 206 Å². The lowest BCUT2D eigenvalue weighted by atomic mass is 10.0. The van der Waals surface area contributed by atoms with Crippen LogP contribution in [0.1, 0.15) is 258 Å². The van der Waals surface area contributed by atoms with Crippen LogP contribution in [0.5, 0.6) is 0 Å². The number of esters is 1. The van der Waals surface area contributed by atoms with E-state index in [-0.39, 0.29) is 18.5 Å². The highest BCUT2D eigenvalue weighted by molar-refractivity contribution is 5.69. The maximum atomic E-state index is 12.7. The molecule has 0 aromatic rings. The molecule has 0 heterocycles. The molecule has 0 bridgehead atoms. The summed E-state index contributed by atoms with van der Waals surface area (Å²) in [5.74, 6) is -0.684. The van der Waals surface area contributed by atoms with Crippen LogP contribution in [-0.4, -0.2) is 23.1 Å². The van der Waals surface area contributed by atoms with E-state index in [0.29, 0.717) is 6.42 Å². The Balaban J connectivity index is 3.96. The zero-order valence-electron chi connectivity index (χ0n) is 32.1. The van der Waals surface area contributed by atoms with Crippen LogP contribution in [0.2, 0.25) is 0 Å². The lowest BCUT2D eigenvalue weighted by molar-refractivity contribution is -0.150. The minimum Gasteiger partial charge on any atom is -0.481 e. The number of carboxylic acids is 1. The second-order valence-corrected chi connectivity index (χ2v) is 14.9. The van der Waals surface area contributed by atoms with Crippen LogP contribution in [-0.2, 0) is 14.3 Å². The van der Waals surface area contributed by atoms with E-state index in [0.717, 1.165) is 64.2 Å². The van der Waals surface area contributed by atoms with E-state index in [9.17, 15) is 9.59 Å². The summed E-state index contributed by atoms with van der Waals surface area (Å²) in [6.45, 7) is 4.57. The van der Waals surface area contributed by atoms with Gasteiger partial charge in [-0.3, -0.25) is 9.59 Å². The highest BCUT2D eigenvalue weighted by Gasteiger charge is 2.14. The van der Waals surface area contributed by atoms with Gasteiger partial charge in [0, 0.05) is 12.8 Å². The number of carbonyl (C=O) groups is 2. The van der Waals surface area contributed by atoms with E-state index in [1.807, 2.05) is 0 Å². The number of rotatable bonds is 40. The molecule has 4 nitrogen and oxygen atoms in total. The van der Waals surface area contributed by atoms with Gasteiger partial charge in [0.15, 0.2) is 0 Å². The predicted molar refractivity (Wildman–Crippen MR) is 204 cm³/mol. The maximum absolute atomic E-state index is 12.7. The monoisotopic (exact) mass is 665 g/mol. The van der Waals surface area contributed by atoms with Gasteiger partial charge in [-0.25, -0.2) is 0 Å².